The van der Waals surface area contributed by atoms with E-state index in [1.165, 1.54) is 31.4 Å². The maximum atomic E-state index is 12.7. The van der Waals surface area contributed by atoms with Gasteiger partial charge in [0.05, 0.1) is 7.11 Å². The van der Waals surface area contributed by atoms with E-state index >= 15 is 0 Å². The van der Waals surface area contributed by atoms with Crippen molar-refractivity contribution in [2.75, 3.05) is 7.11 Å². The molecule has 1 heterocycles. The Morgan fingerprint density at radius 3 is 2.66 bits per heavy atom. The van der Waals surface area contributed by atoms with Gasteiger partial charge in [-0.3, -0.25) is 0 Å². The van der Waals surface area contributed by atoms with Crippen LogP contribution < -0.4 is 15.1 Å². The Balaban J connectivity index is 1.89. The zero-order valence-electron chi connectivity index (χ0n) is 15.7. The minimum absolute atomic E-state index is 0.0300. The van der Waals surface area contributed by atoms with E-state index in [1.54, 1.807) is 12.1 Å². The monoisotopic (exact) mass is 404 g/mol. The van der Waals surface area contributed by atoms with Crippen LogP contribution in [0.3, 0.4) is 0 Å². The van der Waals surface area contributed by atoms with Crippen LogP contribution in [0.4, 0.5) is 8.78 Å². The van der Waals surface area contributed by atoms with Crippen LogP contribution in [-0.4, -0.2) is 19.7 Å². The minimum atomic E-state index is -3.15. The summed E-state index contributed by atoms with van der Waals surface area (Å²) in [7, 11) is 1.27. The number of alkyl halides is 2. The molecule has 0 fully saturated rings. The van der Waals surface area contributed by atoms with E-state index in [-0.39, 0.29) is 17.9 Å². The first-order chi connectivity index (χ1) is 13.9. The number of hydrogen-bond acceptors (Lipinski definition) is 6. The normalized spacial score (nSPS) is 10.9. The summed E-state index contributed by atoms with van der Waals surface area (Å²) >= 11 is 0. The standard InChI is InChI=1S/C21H18F2O6/c1-3-12-7-8-14-13(10-18(24)28-17(14)9-12)11-27-20(25)15-5-4-6-16(26-2)19(15)29-21(22)23/h4-10,21H,3,11H2,1-2H3. The van der Waals surface area contributed by atoms with Gasteiger partial charge >= 0.3 is 18.2 Å². The van der Waals surface area contributed by atoms with Gasteiger partial charge in [-0.1, -0.05) is 25.1 Å². The molecule has 0 aliphatic carbocycles. The van der Waals surface area contributed by atoms with Gasteiger partial charge in [-0.15, -0.1) is 0 Å². The van der Waals surface area contributed by atoms with E-state index in [1.807, 2.05) is 13.0 Å². The molecule has 0 saturated carbocycles. The second-order valence-electron chi connectivity index (χ2n) is 6.07. The first-order valence-electron chi connectivity index (χ1n) is 8.77. The number of carbonyl (C=O) groups is 1. The molecular weight excluding hydrogens is 386 g/mol. The van der Waals surface area contributed by atoms with E-state index < -0.39 is 24.0 Å². The lowest BCUT2D eigenvalue weighted by molar-refractivity contribution is -0.0518. The molecule has 0 atom stereocenters. The Kier molecular flexibility index (Phi) is 6.11. The molecule has 0 bridgehead atoms. The van der Waals surface area contributed by atoms with Crippen LogP contribution in [-0.2, 0) is 17.8 Å². The van der Waals surface area contributed by atoms with Gasteiger partial charge in [0.25, 0.3) is 0 Å². The van der Waals surface area contributed by atoms with Gasteiger partial charge in [-0.05, 0) is 30.2 Å². The number of para-hydroxylation sites is 1. The SMILES string of the molecule is CCc1ccc2c(COC(=O)c3cccc(OC)c3OC(F)F)cc(=O)oc2c1. The van der Waals surface area contributed by atoms with Gasteiger partial charge in [0.1, 0.15) is 17.8 Å². The van der Waals surface area contributed by atoms with Gasteiger partial charge in [0.15, 0.2) is 11.5 Å². The van der Waals surface area contributed by atoms with Crippen LogP contribution in [0.15, 0.2) is 51.7 Å². The average Bonchev–Trinajstić information content (AvgIpc) is 2.70. The van der Waals surface area contributed by atoms with Gasteiger partial charge < -0.3 is 18.6 Å². The number of methoxy groups -OCH3 is 1. The number of carbonyl (C=O) groups excluding carboxylic acids is 1. The van der Waals surface area contributed by atoms with Crippen LogP contribution in [0.1, 0.15) is 28.4 Å². The first kappa shape index (κ1) is 20.3. The molecule has 3 rings (SSSR count). The van der Waals surface area contributed by atoms with Gasteiger partial charge in [-0.25, -0.2) is 9.59 Å². The van der Waals surface area contributed by atoms with Crippen molar-refractivity contribution in [2.45, 2.75) is 26.6 Å². The number of ether oxygens (including phenoxy) is 3. The Morgan fingerprint density at radius 2 is 1.97 bits per heavy atom. The molecule has 0 radical (unpaired) electrons. The Labute approximate surface area is 164 Å². The fourth-order valence-electron chi connectivity index (χ4n) is 2.88. The van der Waals surface area contributed by atoms with Crippen LogP contribution in [0.5, 0.6) is 11.5 Å². The molecule has 0 spiro atoms. The number of hydrogen-bond donors (Lipinski definition) is 0. The zero-order chi connectivity index (χ0) is 21.0. The summed E-state index contributed by atoms with van der Waals surface area (Å²) in [6.07, 6.45) is 0.765. The van der Waals surface area contributed by atoms with Crippen LogP contribution >= 0.6 is 0 Å². The topological polar surface area (TPSA) is 75.0 Å². The van der Waals surface area contributed by atoms with E-state index in [0.29, 0.717) is 16.5 Å². The predicted octanol–water partition coefficient (Wildman–Crippen LogP) is 4.32. The summed E-state index contributed by atoms with van der Waals surface area (Å²) < 4.78 is 45.3. The highest BCUT2D eigenvalue weighted by Gasteiger charge is 2.22. The molecule has 0 amide bonds. The van der Waals surface area contributed by atoms with Crippen molar-refractivity contribution in [2.24, 2.45) is 0 Å². The smallest absolute Gasteiger partial charge is 0.387 e. The molecule has 6 nitrogen and oxygen atoms in total. The van der Waals surface area contributed by atoms with E-state index in [0.717, 1.165) is 12.0 Å². The maximum Gasteiger partial charge on any atom is 0.387 e. The largest absolute Gasteiger partial charge is 0.493 e. The van der Waals surface area contributed by atoms with Crippen molar-refractivity contribution >= 4 is 16.9 Å². The third-order valence-electron chi connectivity index (χ3n) is 4.29. The lowest BCUT2D eigenvalue weighted by Gasteiger charge is -2.14. The number of fused-ring (bicyclic) bond motifs is 1. The fraction of sp³-hybridized carbons (Fsp3) is 0.238. The third-order valence-corrected chi connectivity index (χ3v) is 4.29. The van der Waals surface area contributed by atoms with Gasteiger partial charge in [-0.2, -0.15) is 8.78 Å². The first-order valence-corrected chi connectivity index (χ1v) is 8.77. The Morgan fingerprint density at radius 1 is 1.17 bits per heavy atom. The predicted molar refractivity (Wildman–Crippen MR) is 101 cm³/mol. The number of benzene rings is 2. The molecule has 3 aromatic rings. The zero-order valence-corrected chi connectivity index (χ0v) is 15.7. The number of rotatable bonds is 7. The maximum absolute atomic E-state index is 12.7. The molecule has 0 saturated heterocycles. The molecule has 2 aromatic carbocycles. The summed E-state index contributed by atoms with van der Waals surface area (Å²) in [4.78, 5) is 24.4. The van der Waals surface area contributed by atoms with Crippen LogP contribution in [0.2, 0.25) is 0 Å². The highest BCUT2D eigenvalue weighted by molar-refractivity contribution is 5.93. The molecule has 0 aliphatic rings. The second kappa shape index (κ2) is 8.72. The van der Waals surface area contributed by atoms with Gasteiger partial charge in [0.2, 0.25) is 0 Å². The van der Waals surface area contributed by atoms with Crippen LogP contribution in [0.25, 0.3) is 11.0 Å². The van der Waals surface area contributed by atoms with E-state index in [9.17, 15) is 18.4 Å². The molecule has 0 aliphatic heterocycles. The molecular formula is C21H18F2O6. The van der Waals surface area contributed by atoms with Crippen molar-refractivity contribution in [3.63, 3.8) is 0 Å². The van der Waals surface area contributed by atoms with Crippen molar-refractivity contribution in [3.8, 4) is 11.5 Å². The fourth-order valence-corrected chi connectivity index (χ4v) is 2.88. The van der Waals surface area contributed by atoms with Crippen molar-refractivity contribution in [1.29, 1.82) is 0 Å². The highest BCUT2D eigenvalue weighted by atomic mass is 19.3. The Bertz CT molecular complexity index is 1090. The summed E-state index contributed by atoms with van der Waals surface area (Å²) in [5.74, 6) is -1.34. The molecule has 0 unspecified atom stereocenters. The quantitative estimate of drug-likeness (QED) is 0.431. The molecule has 152 valence electrons. The number of esters is 1. The van der Waals surface area contributed by atoms with Crippen molar-refractivity contribution in [1.82, 2.24) is 0 Å². The Hall–Kier alpha value is -3.42. The second-order valence-corrected chi connectivity index (χ2v) is 6.07. The molecule has 29 heavy (non-hydrogen) atoms. The van der Waals surface area contributed by atoms with Crippen molar-refractivity contribution < 1.29 is 32.2 Å². The summed E-state index contributed by atoms with van der Waals surface area (Å²) in [5.41, 5.74) is 1.00. The van der Waals surface area contributed by atoms with Crippen molar-refractivity contribution in [3.05, 3.63) is 69.6 Å². The number of aryl methyl sites for hydroxylation is 1. The molecule has 8 heteroatoms. The van der Waals surface area contributed by atoms with E-state index in [4.69, 9.17) is 13.9 Å². The number of halogens is 2. The average molecular weight is 404 g/mol. The lowest BCUT2D eigenvalue weighted by Crippen LogP contribution is -2.12. The van der Waals surface area contributed by atoms with E-state index in [2.05, 4.69) is 4.74 Å². The van der Waals surface area contributed by atoms with Gasteiger partial charge in [0, 0.05) is 17.0 Å². The lowest BCUT2D eigenvalue weighted by atomic mass is 10.1. The van der Waals surface area contributed by atoms with Crippen LogP contribution in [0, 0.1) is 0 Å². The third kappa shape index (κ3) is 4.53. The highest BCUT2D eigenvalue weighted by Crippen LogP contribution is 2.33. The minimum Gasteiger partial charge on any atom is -0.493 e. The molecule has 1 aromatic heterocycles. The summed E-state index contributed by atoms with van der Waals surface area (Å²) in [6, 6.07) is 10.7. The molecule has 0 N–H and O–H groups in total. The summed E-state index contributed by atoms with van der Waals surface area (Å²) in [5, 5.41) is 0.615. The summed E-state index contributed by atoms with van der Waals surface area (Å²) in [6.45, 7) is -1.43.